The largest absolute Gasteiger partial charge is 0.433 e. The fourth-order valence-corrected chi connectivity index (χ4v) is 1.97. The van der Waals surface area contributed by atoms with Gasteiger partial charge in [-0.1, -0.05) is 11.6 Å². The normalized spacial score (nSPS) is 10.5. The lowest BCUT2D eigenvalue weighted by Gasteiger charge is -2.07. The maximum Gasteiger partial charge on any atom is 0.342 e. The Balaban J connectivity index is 2.33. The number of carbonyl (C=O) groups excluding carboxylic acids is 1. The van der Waals surface area contributed by atoms with Gasteiger partial charge in [-0.15, -0.1) is 5.10 Å². The average Bonchev–Trinajstić information content (AvgIpc) is 2.82. The number of halogens is 3. The van der Waals surface area contributed by atoms with E-state index in [9.17, 15) is 13.6 Å². The van der Waals surface area contributed by atoms with Gasteiger partial charge in [-0.25, -0.2) is 13.6 Å². The molecule has 21 heavy (non-hydrogen) atoms. The molecule has 1 aromatic heterocycles. The second-order valence-electron chi connectivity index (χ2n) is 4.22. The maximum absolute atomic E-state index is 13.8. The number of hydrogen-bond acceptors (Lipinski definition) is 3. The number of amides is 1. The Morgan fingerprint density at radius 2 is 2.19 bits per heavy atom. The molecule has 0 atom stereocenters. The molecule has 1 amide bonds. The lowest BCUT2D eigenvalue weighted by molar-refractivity contribution is 0.240. The van der Waals surface area contributed by atoms with Gasteiger partial charge in [0.2, 0.25) is 5.88 Å². The summed E-state index contributed by atoms with van der Waals surface area (Å²) in [5.41, 5.74) is 0.609. The Morgan fingerprint density at radius 1 is 1.48 bits per heavy atom. The predicted molar refractivity (Wildman–Crippen MR) is 73.1 cm³/mol. The molecule has 0 saturated heterocycles. The van der Waals surface area contributed by atoms with Crippen LogP contribution in [0.5, 0.6) is 11.6 Å². The quantitative estimate of drug-likeness (QED) is 0.944. The smallest absolute Gasteiger partial charge is 0.342 e. The van der Waals surface area contributed by atoms with Crippen molar-refractivity contribution in [2.24, 2.45) is 0 Å². The Labute approximate surface area is 124 Å². The van der Waals surface area contributed by atoms with Crippen molar-refractivity contribution in [1.29, 1.82) is 0 Å². The lowest BCUT2D eigenvalue weighted by Crippen LogP contribution is -2.26. The Kier molecular flexibility index (Phi) is 4.42. The molecule has 0 radical (unpaired) electrons. The van der Waals surface area contributed by atoms with E-state index in [1.807, 2.05) is 0 Å². The molecule has 2 aromatic rings. The molecule has 1 heterocycles. The fraction of sp³-hybridized carbons (Fsp3) is 0.231. The number of alkyl halides is 1. The zero-order valence-corrected chi connectivity index (χ0v) is 12.0. The van der Waals surface area contributed by atoms with E-state index in [0.29, 0.717) is 5.69 Å². The van der Waals surface area contributed by atoms with E-state index in [-0.39, 0.29) is 22.2 Å². The van der Waals surface area contributed by atoms with Crippen LogP contribution in [0.2, 0.25) is 5.02 Å². The molecular weight excluding hydrogens is 304 g/mol. The van der Waals surface area contributed by atoms with E-state index in [2.05, 4.69) is 10.4 Å². The highest BCUT2D eigenvalue weighted by molar-refractivity contribution is 6.32. The van der Waals surface area contributed by atoms with E-state index < -0.39 is 18.5 Å². The Bertz CT molecular complexity index is 665. The van der Waals surface area contributed by atoms with Crippen LogP contribution in [-0.4, -0.2) is 22.9 Å². The van der Waals surface area contributed by atoms with Crippen LogP contribution in [0.3, 0.4) is 0 Å². The third-order valence-corrected chi connectivity index (χ3v) is 2.97. The van der Waals surface area contributed by atoms with Crippen LogP contribution in [0.1, 0.15) is 11.3 Å². The van der Waals surface area contributed by atoms with Crippen molar-refractivity contribution >= 4 is 17.6 Å². The molecule has 5 nitrogen and oxygen atoms in total. The summed E-state index contributed by atoms with van der Waals surface area (Å²) < 4.78 is 32.6. The van der Waals surface area contributed by atoms with Crippen molar-refractivity contribution in [3.63, 3.8) is 0 Å². The second-order valence-corrected chi connectivity index (χ2v) is 4.62. The zero-order valence-electron chi connectivity index (χ0n) is 11.3. The molecule has 0 bridgehead atoms. The fourth-order valence-electron chi connectivity index (χ4n) is 1.70. The van der Waals surface area contributed by atoms with E-state index in [1.165, 1.54) is 19.2 Å². The summed E-state index contributed by atoms with van der Waals surface area (Å²) in [6.07, 6.45) is 0. The minimum atomic E-state index is -0.832. The molecule has 0 unspecified atom stereocenters. The van der Waals surface area contributed by atoms with E-state index in [0.717, 1.165) is 10.7 Å². The highest BCUT2D eigenvalue weighted by Gasteiger charge is 2.16. The molecule has 0 saturated carbocycles. The summed E-state index contributed by atoms with van der Waals surface area (Å²) in [4.78, 5) is 11.5. The van der Waals surface area contributed by atoms with Crippen molar-refractivity contribution < 1.29 is 18.3 Å². The first kappa shape index (κ1) is 15.2. The van der Waals surface area contributed by atoms with Gasteiger partial charge >= 0.3 is 6.03 Å². The minimum absolute atomic E-state index is 0.00454. The van der Waals surface area contributed by atoms with Gasteiger partial charge in [-0.3, -0.25) is 0 Å². The first-order valence-corrected chi connectivity index (χ1v) is 6.34. The van der Waals surface area contributed by atoms with Crippen LogP contribution >= 0.6 is 11.6 Å². The first-order valence-electron chi connectivity index (χ1n) is 5.96. The zero-order chi connectivity index (χ0) is 15.6. The van der Waals surface area contributed by atoms with Crippen molar-refractivity contribution in [2.45, 2.75) is 13.6 Å². The summed E-state index contributed by atoms with van der Waals surface area (Å²) in [5, 5.41) is 6.21. The number of carbonyl (C=O) groups is 1. The van der Waals surface area contributed by atoms with Crippen LogP contribution in [0.4, 0.5) is 13.6 Å². The van der Waals surface area contributed by atoms with Crippen molar-refractivity contribution in [3.8, 4) is 11.6 Å². The standard InChI is InChI=1S/C13H12ClF2N3O2/c1-7-3-11(18-19(7)13(20)17-2)21-12-9(14)4-8(6-15)5-10(12)16/h3-5H,6H2,1-2H3,(H,17,20). The summed E-state index contributed by atoms with van der Waals surface area (Å²) in [6, 6.07) is 3.25. The summed E-state index contributed by atoms with van der Waals surface area (Å²) in [5.74, 6) is -1.07. The van der Waals surface area contributed by atoms with Crippen molar-refractivity contribution in [3.05, 3.63) is 40.3 Å². The molecule has 0 aliphatic heterocycles. The number of ether oxygens (including phenoxy) is 1. The lowest BCUT2D eigenvalue weighted by atomic mass is 10.2. The molecule has 0 aliphatic rings. The summed E-state index contributed by atoms with van der Waals surface area (Å²) in [6.45, 7) is 0.806. The monoisotopic (exact) mass is 315 g/mol. The molecule has 2 rings (SSSR count). The van der Waals surface area contributed by atoms with Crippen LogP contribution in [-0.2, 0) is 6.67 Å². The van der Waals surface area contributed by atoms with Gasteiger partial charge in [-0.05, 0) is 24.6 Å². The van der Waals surface area contributed by atoms with Gasteiger partial charge in [0, 0.05) is 13.1 Å². The number of aryl methyl sites for hydroxylation is 1. The first-order chi connectivity index (χ1) is 9.96. The summed E-state index contributed by atoms with van der Waals surface area (Å²) in [7, 11) is 1.45. The number of rotatable bonds is 3. The number of aromatic nitrogens is 2. The Morgan fingerprint density at radius 3 is 2.76 bits per heavy atom. The topological polar surface area (TPSA) is 56.2 Å². The van der Waals surface area contributed by atoms with Gasteiger partial charge in [0.25, 0.3) is 0 Å². The van der Waals surface area contributed by atoms with Crippen LogP contribution in [0.25, 0.3) is 0 Å². The predicted octanol–water partition coefficient (Wildman–Crippen LogP) is 3.43. The van der Waals surface area contributed by atoms with Gasteiger partial charge in [-0.2, -0.15) is 4.68 Å². The highest BCUT2D eigenvalue weighted by atomic mass is 35.5. The molecule has 1 N–H and O–H groups in total. The average molecular weight is 316 g/mol. The van der Waals surface area contributed by atoms with Crippen molar-refractivity contribution in [2.75, 3.05) is 7.05 Å². The molecule has 0 fully saturated rings. The van der Waals surface area contributed by atoms with Gasteiger partial charge in [0.1, 0.15) is 6.67 Å². The molecule has 112 valence electrons. The van der Waals surface area contributed by atoms with Crippen molar-refractivity contribution in [1.82, 2.24) is 15.1 Å². The van der Waals surface area contributed by atoms with Crippen LogP contribution in [0.15, 0.2) is 18.2 Å². The number of nitrogens with zero attached hydrogens (tertiary/aromatic N) is 2. The third kappa shape index (κ3) is 3.13. The maximum atomic E-state index is 13.8. The van der Waals surface area contributed by atoms with E-state index >= 15 is 0 Å². The van der Waals surface area contributed by atoms with Gasteiger partial charge in [0.05, 0.1) is 10.7 Å². The SMILES string of the molecule is CNC(=O)n1nc(Oc2c(F)cc(CF)cc2Cl)cc1C. The molecule has 8 heteroatoms. The number of nitrogens with one attached hydrogen (secondary N) is 1. The third-order valence-electron chi connectivity index (χ3n) is 2.69. The number of benzene rings is 1. The van der Waals surface area contributed by atoms with Crippen LogP contribution in [0, 0.1) is 12.7 Å². The highest BCUT2D eigenvalue weighted by Crippen LogP contribution is 2.33. The molecular formula is C13H12ClF2N3O2. The Hall–Kier alpha value is -2.15. The van der Waals surface area contributed by atoms with Crippen LogP contribution < -0.4 is 10.1 Å². The van der Waals surface area contributed by atoms with E-state index in [4.69, 9.17) is 16.3 Å². The second kappa shape index (κ2) is 6.09. The summed E-state index contributed by atoms with van der Waals surface area (Å²) >= 11 is 5.85. The number of hydrogen-bond donors (Lipinski definition) is 1. The molecule has 0 spiro atoms. The van der Waals surface area contributed by atoms with Gasteiger partial charge < -0.3 is 10.1 Å². The van der Waals surface area contributed by atoms with Gasteiger partial charge in [0.15, 0.2) is 11.6 Å². The van der Waals surface area contributed by atoms with E-state index in [1.54, 1.807) is 6.92 Å². The minimum Gasteiger partial charge on any atom is -0.433 e. The molecule has 1 aromatic carbocycles. The molecule has 0 aliphatic carbocycles.